The molecule has 1 aliphatic rings. The van der Waals surface area contributed by atoms with Crippen molar-refractivity contribution in [3.05, 3.63) is 4.91 Å². The molecule has 5 nitrogen and oxygen atoms in total. The van der Waals surface area contributed by atoms with Gasteiger partial charge in [0.05, 0.1) is 12.7 Å². The lowest BCUT2D eigenvalue weighted by molar-refractivity contribution is -0.135. The Morgan fingerprint density at radius 1 is 1.67 bits per heavy atom. The second kappa shape index (κ2) is 3.93. The average Bonchev–Trinajstić information content (AvgIpc) is 2.08. The molecule has 4 atom stereocenters. The third kappa shape index (κ3) is 1.80. The topological polar surface area (TPSA) is 79.1 Å². The van der Waals surface area contributed by atoms with Crippen molar-refractivity contribution in [2.75, 3.05) is 6.61 Å². The number of aliphatic hydroxyl groups excluding tert-OH is 2. The summed E-state index contributed by atoms with van der Waals surface area (Å²) in [6.07, 6.45) is -1.35. The minimum Gasteiger partial charge on any atom is -0.394 e. The lowest BCUT2D eigenvalue weighted by Crippen LogP contribution is -2.48. The van der Waals surface area contributed by atoms with Crippen molar-refractivity contribution in [2.45, 2.75) is 37.7 Å². The van der Waals surface area contributed by atoms with Gasteiger partial charge in [0.25, 0.3) is 0 Å². The Morgan fingerprint density at radius 3 is 2.83 bits per heavy atom. The molecule has 2 unspecified atom stereocenters. The summed E-state index contributed by atoms with van der Waals surface area (Å²) >= 11 is 0. The summed E-state index contributed by atoms with van der Waals surface area (Å²) < 4.78 is 5.18. The molecule has 5 heteroatoms. The highest BCUT2D eigenvalue weighted by Crippen LogP contribution is 2.21. The second-order valence-electron chi connectivity index (χ2n) is 3.07. The number of ether oxygens (including phenoxy) is 1. The van der Waals surface area contributed by atoms with Gasteiger partial charge in [-0.05, 0) is 6.92 Å². The highest BCUT2D eigenvalue weighted by atomic mass is 16.5. The smallest absolute Gasteiger partial charge is 0.123 e. The summed E-state index contributed by atoms with van der Waals surface area (Å²) in [6, 6.07) is -0.647. The van der Waals surface area contributed by atoms with Gasteiger partial charge in [-0.25, -0.2) is 0 Å². The van der Waals surface area contributed by atoms with Crippen molar-refractivity contribution in [3.63, 3.8) is 0 Å². The van der Waals surface area contributed by atoms with Crippen molar-refractivity contribution in [3.8, 4) is 0 Å². The zero-order valence-electron chi connectivity index (χ0n) is 6.88. The maximum Gasteiger partial charge on any atom is 0.123 e. The zero-order chi connectivity index (χ0) is 9.14. The van der Waals surface area contributed by atoms with Gasteiger partial charge in [-0.15, -0.1) is 0 Å². The van der Waals surface area contributed by atoms with Crippen molar-refractivity contribution in [2.24, 2.45) is 5.18 Å². The highest BCUT2D eigenvalue weighted by Gasteiger charge is 2.36. The third-order valence-electron chi connectivity index (χ3n) is 2.07. The van der Waals surface area contributed by atoms with E-state index in [2.05, 4.69) is 5.18 Å². The summed E-state index contributed by atoms with van der Waals surface area (Å²) in [5.74, 6) is 0. The molecule has 0 aromatic heterocycles. The van der Waals surface area contributed by atoms with Crippen LogP contribution in [0.3, 0.4) is 0 Å². The van der Waals surface area contributed by atoms with E-state index in [9.17, 15) is 10.0 Å². The van der Waals surface area contributed by atoms with Crippen LogP contribution in [0.4, 0.5) is 0 Å². The summed E-state index contributed by atoms with van der Waals surface area (Å²) in [4.78, 5) is 10.2. The first-order valence-electron chi connectivity index (χ1n) is 3.96. The fourth-order valence-electron chi connectivity index (χ4n) is 1.42. The molecule has 0 amide bonds. The van der Waals surface area contributed by atoms with Gasteiger partial charge < -0.3 is 14.9 Å². The fourth-order valence-corrected chi connectivity index (χ4v) is 1.42. The number of nitrogens with zero attached hydrogens (tertiary/aromatic N) is 1. The molecule has 1 saturated heterocycles. The molecule has 1 aliphatic heterocycles. The number of rotatable bonds is 2. The molecule has 70 valence electrons. The van der Waals surface area contributed by atoms with Gasteiger partial charge in [0.2, 0.25) is 0 Å². The third-order valence-corrected chi connectivity index (χ3v) is 2.07. The van der Waals surface area contributed by atoms with E-state index in [1.54, 1.807) is 6.92 Å². The van der Waals surface area contributed by atoms with Crippen LogP contribution < -0.4 is 0 Å². The van der Waals surface area contributed by atoms with Gasteiger partial charge in [0, 0.05) is 6.42 Å². The lowest BCUT2D eigenvalue weighted by Gasteiger charge is -2.33. The average molecular weight is 175 g/mol. The fraction of sp³-hybridized carbons (Fsp3) is 1.00. The lowest BCUT2D eigenvalue weighted by atomic mass is 9.97. The quantitative estimate of drug-likeness (QED) is 0.562. The Kier molecular flexibility index (Phi) is 3.13. The van der Waals surface area contributed by atoms with E-state index in [0.717, 1.165) is 0 Å². The summed E-state index contributed by atoms with van der Waals surface area (Å²) in [6.45, 7) is 1.50. The van der Waals surface area contributed by atoms with Crippen LogP contribution in [0.5, 0.6) is 0 Å². The van der Waals surface area contributed by atoms with Crippen molar-refractivity contribution < 1.29 is 14.9 Å². The molecular weight excluding hydrogens is 162 g/mol. The number of hydrogen-bond acceptors (Lipinski definition) is 5. The van der Waals surface area contributed by atoms with Gasteiger partial charge >= 0.3 is 0 Å². The summed E-state index contributed by atoms with van der Waals surface area (Å²) in [7, 11) is 0. The molecule has 12 heavy (non-hydrogen) atoms. The van der Waals surface area contributed by atoms with Crippen LogP contribution in [0.1, 0.15) is 13.3 Å². The Morgan fingerprint density at radius 2 is 2.33 bits per heavy atom. The van der Waals surface area contributed by atoms with Gasteiger partial charge in [-0.3, -0.25) is 0 Å². The van der Waals surface area contributed by atoms with E-state index >= 15 is 0 Å². The molecule has 0 bridgehead atoms. The van der Waals surface area contributed by atoms with Crippen LogP contribution in [0, 0.1) is 4.91 Å². The van der Waals surface area contributed by atoms with Crippen LogP contribution >= 0.6 is 0 Å². The first-order valence-corrected chi connectivity index (χ1v) is 3.96. The van der Waals surface area contributed by atoms with Crippen LogP contribution in [-0.2, 0) is 4.74 Å². The van der Waals surface area contributed by atoms with Gasteiger partial charge in [0.15, 0.2) is 0 Å². The van der Waals surface area contributed by atoms with Crippen LogP contribution in [-0.4, -0.2) is 41.2 Å². The molecule has 0 aromatic carbocycles. The predicted molar refractivity (Wildman–Crippen MR) is 41.6 cm³/mol. The van der Waals surface area contributed by atoms with Crippen LogP contribution in [0.15, 0.2) is 5.18 Å². The molecule has 0 aromatic rings. The minimum absolute atomic E-state index is 0.131. The van der Waals surface area contributed by atoms with Gasteiger partial charge in [-0.2, -0.15) is 4.91 Å². The van der Waals surface area contributed by atoms with Crippen LogP contribution in [0.2, 0.25) is 0 Å². The molecule has 0 aliphatic carbocycles. The molecule has 1 fully saturated rings. The SMILES string of the molecule is C[C@H]1CC(N=O)[C@@H](O)C(CO)O1. The van der Waals surface area contributed by atoms with E-state index in [-0.39, 0.29) is 12.7 Å². The zero-order valence-corrected chi connectivity index (χ0v) is 6.88. The number of aliphatic hydroxyl groups is 2. The Labute approximate surface area is 70.3 Å². The number of nitroso groups, excluding NO2 is 1. The Balaban J connectivity index is 2.60. The molecular formula is C7H13NO4. The maximum absolute atomic E-state index is 10.2. The normalized spacial score (nSPS) is 42.6. The van der Waals surface area contributed by atoms with Gasteiger partial charge in [-0.1, -0.05) is 5.18 Å². The van der Waals surface area contributed by atoms with Crippen LogP contribution in [0.25, 0.3) is 0 Å². The Bertz CT molecular complexity index is 163. The van der Waals surface area contributed by atoms with Crippen molar-refractivity contribution >= 4 is 0 Å². The minimum atomic E-state index is -0.969. The van der Waals surface area contributed by atoms with E-state index < -0.39 is 18.2 Å². The first kappa shape index (κ1) is 9.57. The standard InChI is InChI=1S/C7H13NO4/c1-4-2-5(8-11)7(10)6(3-9)12-4/h4-7,9-10H,2-3H2,1H3/t4-,5?,6?,7+/m0/s1. The highest BCUT2D eigenvalue weighted by molar-refractivity contribution is 4.88. The monoisotopic (exact) mass is 175 g/mol. The largest absolute Gasteiger partial charge is 0.394 e. The molecule has 0 saturated carbocycles. The summed E-state index contributed by atoms with van der Waals surface area (Å²) in [5.41, 5.74) is 0. The molecule has 1 heterocycles. The van der Waals surface area contributed by atoms with E-state index in [0.29, 0.717) is 6.42 Å². The summed E-state index contributed by atoms with van der Waals surface area (Å²) in [5, 5.41) is 20.9. The molecule has 1 rings (SSSR count). The van der Waals surface area contributed by atoms with Crippen molar-refractivity contribution in [1.29, 1.82) is 0 Å². The Hall–Kier alpha value is -0.520. The molecule has 0 spiro atoms. The first-order chi connectivity index (χ1) is 5.69. The van der Waals surface area contributed by atoms with E-state index in [1.807, 2.05) is 0 Å². The van der Waals surface area contributed by atoms with Gasteiger partial charge in [0.1, 0.15) is 18.2 Å². The maximum atomic E-state index is 10.2. The van der Waals surface area contributed by atoms with Crippen molar-refractivity contribution in [1.82, 2.24) is 0 Å². The second-order valence-corrected chi connectivity index (χ2v) is 3.07. The molecule has 2 N–H and O–H groups in total. The molecule has 0 radical (unpaired) electrons. The number of hydrogen-bond donors (Lipinski definition) is 2. The van der Waals surface area contributed by atoms with E-state index in [4.69, 9.17) is 9.84 Å². The van der Waals surface area contributed by atoms with E-state index in [1.165, 1.54) is 0 Å². The predicted octanol–water partition coefficient (Wildman–Crippen LogP) is -0.348.